The molecule has 2 aromatic rings. The topological polar surface area (TPSA) is 66.1 Å². The van der Waals surface area contributed by atoms with Crippen molar-refractivity contribution < 1.29 is 9.84 Å². The molecule has 1 N–H and O–H groups in total. The van der Waals surface area contributed by atoms with Crippen molar-refractivity contribution in [2.45, 2.75) is 32.5 Å². The number of aryl methyl sites for hydroxylation is 1. The van der Waals surface area contributed by atoms with Crippen molar-refractivity contribution >= 4 is 0 Å². The van der Waals surface area contributed by atoms with E-state index >= 15 is 0 Å². The van der Waals surface area contributed by atoms with Crippen LogP contribution in [0.15, 0.2) is 42.6 Å². The summed E-state index contributed by atoms with van der Waals surface area (Å²) in [7, 11) is 0. The Balaban J connectivity index is 1.93. The number of pyridine rings is 1. The molecule has 0 amide bonds. The Kier molecular flexibility index (Phi) is 5.30. The molecule has 0 bridgehead atoms. The summed E-state index contributed by atoms with van der Waals surface area (Å²) in [6, 6.07) is 13.5. The molecule has 0 aliphatic carbocycles. The summed E-state index contributed by atoms with van der Waals surface area (Å²) >= 11 is 0. The van der Waals surface area contributed by atoms with E-state index in [2.05, 4.69) is 11.1 Å². The van der Waals surface area contributed by atoms with Gasteiger partial charge in [0, 0.05) is 11.8 Å². The first kappa shape index (κ1) is 15.0. The Hall–Kier alpha value is -2.38. The molecule has 4 heteroatoms. The molecule has 0 radical (unpaired) electrons. The van der Waals surface area contributed by atoms with Crippen LogP contribution in [0.2, 0.25) is 0 Å². The SMILES string of the molecule is CC(O)CCc1ccc(OCc2cccnc2C#N)cc1. The molecular formula is C17H18N2O2. The van der Waals surface area contributed by atoms with Crippen LogP contribution in [0.5, 0.6) is 5.75 Å². The average Bonchev–Trinajstić information content (AvgIpc) is 2.52. The molecule has 1 aromatic heterocycles. The fraction of sp³-hybridized carbons (Fsp3) is 0.294. The van der Waals surface area contributed by atoms with Crippen molar-refractivity contribution in [2.75, 3.05) is 0 Å². The lowest BCUT2D eigenvalue weighted by molar-refractivity contribution is 0.185. The number of hydrogen-bond donors (Lipinski definition) is 1. The fourth-order valence-corrected chi connectivity index (χ4v) is 1.94. The Bertz CT molecular complexity index is 615. The molecule has 4 nitrogen and oxygen atoms in total. The van der Waals surface area contributed by atoms with Crippen molar-refractivity contribution in [3.63, 3.8) is 0 Å². The van der Waals surface area contributed by atoms with Gasteiger partial charge in [0.25, 0.3) is 0 Å². The number of benzene rings is 1. The molecule has 0 saturated carbocycles. The largest absolute Gasteiger partial charge is 0.489 e. The lowest BCUT2D eigenvalue weighted by atomic mass is 10.1. The van der Waals surface area contributed by atoms with E-state index in [1.54, 1.807) is 19.2 Å². The van der Waals surface area contributed by atoms with Crippen LogP contribution in [0.1, 0.15) is 30.2 Å². The zero-order chi connectivity index (χ0) is 15.1. The van der Waals surface area contributed by atoms with Gasteiger partial charge in [0.1, 0.15) is 24.1 Å². The van der Waals surface area contributed by atoms with Gasteiger partial charge in [0.15, 0.2) is 0 Å². The molecule has 108 valence electrons. The zero-order valence-electron chi connectivity index (χ0n) is 12.0. The number of aliphatic hydroxyl groups is 1. The van der Waals surface area contributed by atoms with Gasteiger partial charge in [-0.3, -0.25) is 0 Å². The van der Waals surface area contributed by atoms with Gasteiger partial charge in [-0.25, -0.2) is 4.98 Å². The number of nitriles is 1. The van der Waals surface area contributed by atoms with Crippen molar-refractivity contribution in [1.29, 1.82) is 5.26 Å². The summed E-state index contributed by atoms with van der Waals surface area (Å²) in [5.41, 5.74) is 2.34. The highest BCUT2D eigenvalue weighted by atomic mass is 16.5. The molecule has 1 unspecified atom stereocenters. The number of nitrogens with zero attached hydrogens (tertiary/aromatic N) is 2. The summed E-state index contributed by atoms with van der Waals surface area (Å²) in [6.07, 6.45) is 2.91. The first-order valence-corrected chi connectivity index (χ1v) is 6.93. The Labute approximate surface area is 124 Å². The van der Waals surface area contributed by atoms with Crippen LogP contribution in [0, 0.1) is 11.3 Å². The van der Waals surface area contributed by atoms with Gasteiger partial charge in [-0.1, -0.05) is 18.2 Å². The van der Waals surface area contributed by atoms with Crippen LogP contribution >= 0.6 is 0 Å². The van der Waals surface area contributed by atoms with E-state index in [-0.39, 0.29) is 6.10 Å². The third-order valence-corrected chi connectivity index (χ3v) is 3.17. The highest BCUT2D eigenvalue weighted by Crippen LogP contribution is 2.16. The maximum Gasteiger partial charge on any atom is 0.147 e. The van der Waals surface area contributed by atoms with E-state index < -0.39 is 0 Å². The maximum absolute atomic E-state index is 9.27. The van der Waals surface area contributed by atoms with Gasteiger partial charge < -0.3 is 9.84 Å². The Morgan fingerprint density at radius 2 is 2.05 bits per heavy atom. The van der Waals surface area contributed by atoms with Crippen LogP contribution in [-0.2, 0) is 13.0 Å². The molecule has 0 fully saturated rings. The van der Waals surface area contributed by atoms with E-state index in [0.29, 0.717) is 12.3 Å². The van der Waals surface area contributed by atoms with E-state index in [4.69, 9.17) is 10.00 Å². The van der Waals surface area contributed by atoms with Gasteiger partial charge >= 0.3 is 0 Å². The van der Waals surface area contributed by atoms with Crippen molar-refractivity contribution in [3.05, 3.63) is 59.4 Å². The minimum atomic E-state index is -0.282. The van der Waals surface area contributed by atoms with Crippen LogP contribution in [0.4, 0.5) is 0 Å². The van der Waals surface area contributed by atoms with Gasteiger partial charge in [-0.05, 0) is 43.5 Å². The van der Waals surface area contributed by atoms with E-state index in [9.17, 15) is 5.11 Å². The third kappa shape index (κ3) is 4.59. The molecule has 2 rings (SSSR count). The minimum Gasteiger partial charge on any atom is -0.489 e. The predicted octanol–water partition coefficient (Wildman–Crippen LogP) is 2.85. The smallest absolute Gasteiger partial charge is 0.147 e. The molecule has 0 saturated heterocycles. The lowest BCUT2D eigenvalue weighted by Crippen LogP contribution is -2.02. The molecule has 1 aromatic carbocycles. The number of ether oxygens (including phenoxy) is 1. The highest BCUT2D eigenvalue weighted by Gasteiger charge is 2.04. The summed E-state index contributed by atoms with van der Waals surface area (Å²) in [6.45, 7) is 2.11. The van der Waals surface area contributed by atoms with Gasteiger partial charge in [0.05, 0.1) is 6.10 Å². The molecule has 0 aliphatic heterocycles. The monoisotopic (exact) mass is 282 g/mol. The maximum atomic E-state index is 9.27. The molecular weight excluding hydrogens is 264 g/mol. The molecule has 21 heavy (non-hydrogen) atoms. The van der Waals surface area contributed by atoms with Crippen LogP contribution in [0.3, 0.4) is 0 Å². The van der Waals surface area contributed by atoms with Crippen molar-refractivity contribution in [3.8, 4) is 11.8 Å². The Morgan fingerprint density at radius 3 is 2.71 bits per heavy atom. The van der Waals surface area contributed by atoms with Crippen LogP contribution < -0.4 is 4.74 Å². The van der Waals surface area contributed by atoms with Crippen molar-refractivity contribution in [1.82, 2.24) is 4.98 Å². The first-order chi connectivity index (χ1) is 10.2. The summed E-state index contributed by atoms with van der Waals surface area (Å²) in [4.78, 5) is 4.00. The van der Waals surface area contributed by atoms with Crippen molar-refractivity contribution in [2.24, 2.45) is 0 Å². The average molecular weight is 282 g/mol. The molecule has 1 atom stereocenters. The van der Waals surface area contributed by atoms with Gasteiger partial charge in [-0.2, -0.15) is 5.26 Å². The van der Waals surface area contributed by atoms with Crippen LogP contribution in [-0.4, -0.2) is 16.2 Å². The first-order valence-electron chi connectivity index (χ1n) is 6.93. The molecule has 0 aliphatic rings. The third-order valence-electron chi connectivity index (χ3n) is 3.17. The fourth-order valence-electron chi connectivity index (χ4n) is 1.94. The Morgan fingerprint density at radius 1 is 1.29 bits per heavy atom. The second kappa shape index (κ2) is 7.41. The normalized spacial score (nSPS) is 11.7. The highest BCUT2D eigenvalue weighted by molar-refractivity contribution is 5.31. The van der Waals surface area contributed by atoms with E-state index in [1.165, 1.54) is 5.56 Å². The number of aromatic nitrogens is 1. The number of hydrogen-bond acceptors (Lipinski definition) is 4. The second-order valence-electron chi connectivity index (χ2n) is 4.94. The standard InChI is InChI=1S/C17H18N2O2/c1-13(20)4-5-14-6-8-16(9-7-14)21-12-15-3-2-10-19-17(15)11-18/h2-3,6-10,13,20H,4-5,12H2,1H3. The summed E-state index contributed by atoms with van der Waals surface area (Å²) in [5, 5.41) is 18.2. The van der Waals surface area contributed by atoms with Gasteiger partial charge in [-0.15, -0.1) is 0 Å². The second-order valence-corrected chi connectivity index (χ2v) is 4.94. The van der Waals surface area contributed by atoms with Gasteiger partial charge in [0.2, 0.25) is 0 Å². The summed E-state index contributed by atoms with van der Waals surface area (Å²) in [5.74, 6) is 0.753. The quantitative estimate of drug-likeness (QED) is 0.884. The predicted molar refractivity (Wildman–Crippen MR) is 79.7 cm³/mol. The molecule has 1 heterocycles. The van der Waals surface area contributed by atoms with E-state index in [0.717, 1.165) is 24.2 Å². The molecule has 0 spiro atoms. The van der Waals surface area contributed by atoms with Crippen LogP contribution in [0.25, 0.3) is 0 Å². The van der Waals surface area contributed by atoms with E-state index in [1.807, 2.05) is 30.3 Å². The summed E-state index contributed by atoms with van der Waals surface area (Å²) < 4.78 is 5.67. The zero-order valence-corrected chi connectivity index (χ0v) is 12.0. The number of rotatable bonds is 6. The minimum absolute atomic E-state index is 0.282. The number of aliphatic hydroxyl groups excluding tert-OH is 1. The lowest BCUT2D eigenvalue weighted by Gasteiger charge is -2.08.